The van der Waals surface area contributed by atoms with Crippen LogP contribution >= 0.6 is 0 Å². The molecule has 1 unspecified atom stereocenters. The molecule has 1 amide bonds. The van der Waals surface area contributed by atoms with E-state index in [-0.39, 0.29) is 30.9 Å². The van der Waals surface area contributed by atoms with Crippen LogP contribution in [0, 0.1) is 5.82 Å². The van der Waals surface area contributed by atoms with Gasteiger partial charge in [-0.25, -0.2) is 4.39 Å². The number of hydrogen-bond acceptors (Lipinski definition) is 5. The summed E-state index contributed by atoms with van der Waals surface area (Å²) >= 11 is 0. The van der Waals surface area contributed by atoms with Gasteiger partial charge in [0.1, 0.15) is 24.7 Å². The molecule has 26 heavy (non-hydrogen) atoms. The summed E-state index contributed by atoms with van der Waals surface area (Å²) in [6.07, 6.45) is 0. The molecule has 0 aliphatic rings. The average molecular weight is 355 g/mol. The number of nitrogens with zero attached hydrogens (tertiary/aromatic N) is 4. The first-order chi connectivity index (χ1) is 12.6. The molecule has 0 radical (unpaired) electrons. The Hall–Kier alpha value is -3.29. The predicted molar refractivity (Wildman–Crippen MR) is 92.8 cm³/mol. The molecule has 1 atom stereocenters. The summed E-state index contributed by atoms with van der Waals surface area (Å²) in [6, 6.07) is 14.9. The van der Waals surface area contributed by atoms with Crippen LogP contribution in [0.1, 0.15) is 6.92 Å². The molecule has 1 heterocycles. The van der Waals surface area contributed by atoms with E-state index in [1.807, 2.05) is 37.3 Å². The number of rotatable bonds is 7. The summed E-state index contributed by atoms with van der Waals surface area (Å²) in [5, 5.41) is 14.8. The smallest absolute Gasteiger partial charge is 0.244 e. The van der Waals surface area contributed by atoms with Gasteiger partial charge in [0.25, 0.3) is 0 Å². The fourth-order valence-electron chi connectivity index (χ4n) is 2.26. The summed E-state index contributed by atoms with van der Waals surface area (Å²) < 4.78 is 18.3. The molecule has 0 bridgehead atoms. The van der Waals surface area contributed by atoms with E-state index < -0.39 is 0 Å². The summed E-state index contributed by atoms with van der Waals surface area (Å²) in [6.45, 7) is 2.03. The van der Waals surface area contributed by atoms with Crippen LogP contribution in [0.4, 0.5) is 4.39 Å². The minimum atomic E-state index is -0.325. The van der Waals surface area contributed by atoms with E-state index in [0.717, 1.165) is 5.56 Å². The maximum absolute atomic E-state index is 12.8. The summed E-state index contributed by atoms with van der Waals surface area (Å²) in [4.78, 5) is 13.3. The fraction of sp³-hybridized carbons (Fsp3) is 0.222. The molecular formula is C18H18FN5O2. The molecule has 0 aliphatic heterocycles. The van der Waals surface area contributed by atoms with E-state index >= 15 is 0 Å². The van der Waals surface area contributed by atoms with Crippen molar-refractivity contribution in [2.45, 2.75) is 19.5 Å². The number of carbonyl (C=O) groups excluding carboxylic acids is 1. The lowest BCUT2D eigenvalue weighted by molar-refractivity contribution is -0.122. The molecule has 8 heteroatoms. The highest BCUT2D eigenvalue weighted by atomic mass is 19.1. The molecule has 3 rings (SSSR count). The molecule has 7 nitrogen and oxygen atoms in total. The van der Waals surface area contributed by atoms with Crippen LogP contribution in [-0.2, 0) is 11.3 Å². The molecule has 134 valence electrons. The Morgan fingerprint density at radius 3 is 2.65 bits per heavy atom. The van der Waals surface area contributed by atoms with Crippen LogP contribution in [0.3, 0.4) is 0 Å². The maximum atomic E-state index is 12.8. The molecule has 0 saturated heterocycles. The van der Waals surface area contributed by atoms with Gasteiger partial charge in [-0.2, -0.15) is 4.80 Å². The number of benzene rings is 2. The van der Waals surface area contributed by atoms with Gasteiger partial charge in [-0.15, -0.1) is 10.2 Å². The Balaban J connectivity index is 1.47. The second kappa shape index (κ2) is 8.19. The standard InChI is InChI=1S/C18H18FN5O2/c1-13(12-26-16-9-7-15(19)8-10-16)20-17(25)11-24-22-18(21-23-24)14-5-3-2-4-6-14/h2-10,13H,11-12H2,1H3,(H,20,25). The quantitative estimate of drug-likeness (QED) is 0.702. The van der Waals surface area contributed by atoms with Gasteiger partial charge in [0, 0.05) is 5.56 Å². The summed E-state index contributed by atoms with van der Waals surface area (Å²) in [5.41, 5.74) is 0.834. The minimum absolute atomic E-state index is 0.0410. The molecule has 1 aromatic heterocycles. The molecule has 0 spiro atoms. The molecule has 3 aromatic rings. The first-order valence-electron chi connectivity index (χ1n) is 8.11. The number of aromatic nitrogens is 4. The third-order valence-electron chi connectivity index (χ3n) is 3.49. The largest absolute Gasteiger partial charge is 0.491 e. The topological polar surface area (TPSA) is 81.9 Å². The van der Waals surface area contributed by atoms with Gasteiger partial charge < -0.3 is 10.1 Å². The van der Waals surface area contributed by atoms with Crippen LogP contribution in [0.5, 0.6) is 5.75 Å². The number of halogens is 1. The van der Waals surface area contributed by atoms with Crippen molar-refractivity contribution in [2.24, 2.45) is 0 Å². The van der Waals surface area contributed by atoms with Crippen LogP contribution in [0.2, 0.25) is 0 Å². The number of nitrogens with one attached hydrogen (secondary N) is 1. The van der Waals surface area contributed by atoms with Crippen molar-refractivity contribution in [3.63, 3.8) is 0 Å². The van der Waals surface area contributed by atoms with E-state index in [1.165, 1.54) is 29.1 Å². The molecule has 2 aromatic carbocycles. The Bertz CT molecular complexity index is 852. The second-order valence-electron chi connectivity index (χ2n) is 5.74. The normalized spacial score (nSPS) is 11.8. The molecule has 1 N–H and O–H groups in total. The van der Waals surface area contributed by atoms with Crippen LogP contribution < -0.4 is 10.1 Å². The zero-order valence-corrected chi connectivity index (χ0v) is 14.2. The average Bonchev–Trinajstić information content (AvgIpc) is 3.10. The minimum Gasteiger partial charge on any atom is -0.491 e. The highest BCUT2D eigenvalue weighted by Gasteiger charge is 2.12. The van der Waals surface area contributed by atoms with Crippen molar-refractivity contribution in [3.8, 4) is 17.1 Å². The third-order valence-corrected chi connectivity index (χ3v) is 3.49. The Morgan fingerprint density at radius 1 is 1.19 bits per heavy atom. The summed E-state index contributed by atoms with van der Waals surface area (Å²) in [5.74, 6) is 0.426. The van der Waals surface area contributed by atoms with E-state index in [9.17, 15) is 9.18 Å². The van der Waals surface area contributed by atoms with Gasteiger partial charge in [-0.3, -0.25) is 4.79 Å². The molecular weight excluding hydrogens is 337 g/mol. The van der Waals surface area contributed by atoms with Crippen molar-refractivity contribution in [3.05, 3.63) is 60.4 Å². The van der Waals surface area contributed by atoms with Gasteiger partial charge in [0.15, 0.2) is 0 Å². The predicted octanol–water partition coefficient (Wildman–Crippen LogP) is 2.06. The lowest BCUT2D eigenvalue weighted by Crippen LogP contribution is -2.39. The SMILES string of the molecule is CC(COc1ccc(F)cc1)NC(=O)Cn1nnc(-c2ccccc2)n1. The van der Waals surface area contributed by atoms with Crippen molar-refractivity contribution in [2.75, 3.05) is 6.61 Å². The van der Waals surface area contributed by atoms with Crippen molar-refractivity contribution >= 4 is 5.91 Å². The Labute approximate surface area is 149 Å². The fourth-order valence-corrected chi connectivity index (χ4v) is 2.26. The molecule has 0 saturated carbocycles. The lowest BCUT2D eigenvalue weighted by Gasteiger charge is -2.14. The molecule has 0 aliphatic carbocycles. The third kappa shape index (κ3) is 4.85. The number of ether oxygens (including phenoxy) is 1. The number of tetrazole rings is 1. The first-order valence-corrected chi connectivity index (χ1v) is 8.11. The van der Waals surface area contributed by atoms with Gasteiger partial charge in [-0.1, -0.05) is 30.3 Å². The first kappa shape index (κ1) is 17.5. The van der Waals surface area contributed by atoms with Crippen LogP contribution in [0.15, 0.2) is 54.6 Å². The zero-order valence-electron chi connectivity index (χ0n) is 14.2. The second-order valence-corrected chi connectivity index (χ2v) is 5.74. The number of amides is 1. The highest BCUT2D eigenvalue weighted by Crippen LogP contribution is 2.12. The maximum Gasteiger partial charge on any atom is 0.244 e. The Kier molecular flexibility index (Phi) is 5.52. The van der Waals surface area contributed by atoms with Gasteiger partial charge in [0.2, 0.25) is 11.7 Å². The van der Waals surface area contributed by atoms with Crippen molar-refractivity contribution < 1.29 is 13.9 Å². The van der Waals surface area contributed by atoms with E-state index in [1.54, 1.807) is 0 Å². The summed E-state index contributed by atoms with van der Waals surface area (Å²) in [7, 11) is 0. The monoisotopic (exact) mass is 355 g/mol. The van der Waals surface area contributed by atoms with E-state index in [0.29, 0.717) is 11.6 Å². The van der Waals surface area contributed by atoms with Crippen molar-refractivity contribution in [1.29, 1.82) is 0 Å². The van der Waals surface area contributed by atoms with Crippen molar-refractivity contribution in [1.82, 2.24) is 25.5 Å². The van der Waals surface area contributed by atoms with E-state index in [4.69, 9.17) is 4.74 Å². The highest BCUT2D eigenvalue weighted by molar-refractivity contribution is 5.75. The van der Waals surface area contributed by atoms with Crippen LogP contribution in [-0.4, -0.2) is 38.8 Å². The Morgan fingerprint density at radius 2 is 1.92 bits per heavy atom. The zero-order chi connectivity index (χ0) is 18.4. The number of hydrogen-bond donors (Lipinski definition) is 1. The van der Waals surface area contributed by atoms with Gasteiger partial charge >= 0.3 is 0 Å². The lowest BCUT2D eigenvalue weighted by atomic mass is 10.2. The number of carbonyl (C=O) groups is 1. The van der Waals surface area contributed by atoms with Gasteiger partial charge in [-0.05, 0) is 36.4 Å². The van der Waals surface area contributed by atoms with Crippen LogP contribution in [0.25, 0.3) is 11.4 Å². The molecule has 0 fully saturated rings. The van der Waals surface area contributed by atoms with Gasteiger partial charge in [0.05, 0.1) is 6.04 Å². The van der Waals surface area contributed by atoms with E-state index in [2.05, 4.69) is 20.7 Å².